The summed E-state index contributed by atoms with van der Waals surface area (Å²) < 4.78 is 5.56. The molecule has 0 fully saturated rings. The lowest BCUT2D eigenvalue weighted by Gasteiger charge is -2.31. The summed E-state index contributed by atoms with van der Waals surface area (Å²) in [7, 11) is 0. The number of fused-ring (bicyclic) bond motifs is 1. The van der Waals surface area contributed by atoms with Crippen molar-refractivity contribution in [1.82, 2.24) is 0 Å². The highest BCUT2D eigenvalue weighted by molar-refractivity contribution is 5.59. The molecule has 0 radical (unpaired) electrons. The number of hydrogen-bond acceptors (Lipinski definition) is 3. The maximum absolute atomic E-state index is 5.56. The van der Waals surface area contributed by atoms with Crippen LogP contribution in [0, 0.1) is 0 Å². The molecule has 1 aromatic rings. The quantitative estimate of drug-likeness (QED) is 0.783. The molecule has 0 aliphatic carbocycles. The Morgan fingerprint density at radius 2 is 2.21 bits per heavy atom. The maximum Gasteiger partial charge on any atom is 0.142 e. The fourth-order valence-electron chi connectivity index (χ4n) is 1.74. The zero-order valence-electron chi connectivity index (χ0n) is 8.28. The number of nitrogens with zero attached hydrogens (tertiary/aromatic N) is 1. The summed E-state index contributed by atoms with van der Waals surface area (Å²) in [6.45, 7) is 3.52. The fourth-order valence-corrected chi connectivity index (χ4v) is 1.74. The van der Waals surface area contributed by atoms with Gasteiger partial charge in [0, 0.05) is 6.54 Å². The lowest BCUT2D eigenvalue weighted by molar-refractivity contribution is 0.307. The van der Waals surface area contributed by atoms with Gasteiger partial charge in [-0.2, -0.15) is 0 Å². The van der Waals surface area contributed by atoms with Crippen molar-refractivity contribution in [3.8, 4) is 5.75 Å². The molecule has 3 nitrogen and oxygen atoms in total. The third kappa shape index (κ3) is 1.82. The number of ether oxygens (including phenoxy) is 1. The minimum absolute atomic E-state index is 0.750. The van der Waals surface area contributed by atoms with Gasteiger partial charge in [0.2, 0.25) is 0 Å². The van der Waals surface area contributed by atoms with E-state index in [4.69, 9.17) is 10.5 Å². The Morgan fingerprint density at radius 3 is 3.07 bits per heavy atom. The standard InChI is InChI=1S/C11H16N2O/c12-6-3-7-13-8-9-14-11-5-2-1-4-10(11)13/h1-2,4-5H,3,6-9,12H2. The molecular formula is C11H16N2O. The van der Waals surface area contributed by atoms with Gasteiger partial charge in [-0.15, -0.1) is 0 Å². The fraction of sp³-hybridized carbons (Fsp3) is 0.455. The van der Waals surface area contributed by atoms with E-state index in [9.17, 15) is 0 Å². The summed E-state index contributed by atoms with van der Waals surface area (Å²) in [5, 5.41) is 0. The van der Waals surface area contributed by atoms with Gasteiger partial charge < -0.3 is 15.4 Å². The zero-order chi connectivity index (χ0) is 9.80. The smallest absolute Gasteiger partial charge is 0.142 e. The summed E-state index contributed by atoms with van der Waals surface area (Å²) in [6.07, 6.45) is 1.04. The van der Waals surface area contributed by atoms with E-state index in [0.29, 0.717) is 0 Å². The van der Waals surface area contributed by atoms with E-state index in [1.54, 1.807) is 0 Å². The minimum Gasteiger partial charge on any atom is -0.490 e. The summed E-state index contributed by atoms with van der Waals surface area (Å²) in [5.74, 6) is 0.996. The highest BCUT2D eigenvalue weighted by atomic mass is 16.5. The largest absolute Gasteiger partial charge is 0.490 e. The summed E-state index contributed by atoms with van der Waals surface area (Å²) in [5.41, 5.74) is 6.71. The van der Waals surface area contributed by atoms with E-state index in [2.05, 4.69) is 11.0 Å². The second kappa shape index (κ2) is 4.33. The Kier molecular flexibility index (Phi) is 2.89. The third-order valence-electron chi connectivity index (χ3n) is 2.46. The number of hydrogen-bond donors (Lipinski definition) is 1. The molecule has 1 aliphatic heterocycles. The van der Waals surface area contributed by atoms with Gasteiger partial charge in [0.05, 0.1) is 12.2 Å². The number of rotatable bonds is 3. The lowest BCUT2D eigenvalue weighted by Crippen LogP contribution is -2.34. The maximum atomic E-state index is 5.56. The van der Waals surface area contributed by atoms with Crippen molar-refractivity contribution in [2.24, 2.45) is 5.73 Å². The Bertz CT molecular complexity index is 301. The van der Waals surface area contributed by atoms with Crippen molar-refractivity contribution in [3.05, 3.63) is 24.3 Å². The van der Waals surface area contributed by atoms with Crippen LogP contribution in [-0.2, 0) is 0 Å². The molecule has 2 rings (SSSR count). The highest BCUT2D eigenvalue weighted by Crippen LogP contribution is 2.30. The van der Waals surface area contributed by atoms with E-state index in [0.717, 1.165) is 38.4 Å². The molecule has 1 heterocycles. The topological polar surface area (TPSA) is 38.5 Å². The van der Waals surface area contributed by atoms with E-state index < -0.39 is 0 Å². The van der Waals surface area contributed by atoms with Gasteiger partial charge in [0.15, 0.2) is 0 Å². The van der Waals surface area contributed by atoms with Crippen LogP contribution in [0.15, 0.2) is 24.3 Å². The average Bonchev–Trinajstić information content (AvgIpc) is 2.26. The molecule has 0 aromatic heterocycles. The molecule has 14 heavy (non-hydrogen) atoms. The monoisotopic (exact) mass is 192 g/mol. The van der Waals surface area contributed by atoms with Crippen LogP contribution in [0.1, 0.15) is 6.42 Å². The van der Waals surface area contributed by atoms with Crippen molar-refractivity contribution in [2.45, 2.75) is 6.42 Å². The molecule has 76 valence electrons. The van der Waals surface area contributed by atoms with Crippen LogP contribution in [0.25, 0.3) is 0 Å². The van der Waals surface area contributed by atoms with Crippen LogP contribution < -0.4 is 15.4 Å². The van der Waals surface area contributed by atoms with Crippen LogP contribution >= 0.6 is 0 Å². The summed E-state index contributed by atoms with van der Waals surface area (Å²) in [4.78, 5) is 2.34. The van der Waals surface area contributed by atoms with Crippen molar-refractivity contribution in [3.63, 3.8) is 0 Å². The predicted molar refractivity (Wildman–Crippen MR) is 57.8 cm³/mol. The van der Waals surface area contributed by atoms with Crippen LogP contribution in [0.4, 0.5) is 5.69 Å². The Hall–Kier alpha value is -1.22. The molecule has 0 atom stereocenters. The van der Waals surface area contributed by atoms with Gasteiger partial charge in [0.1, 0.15) is 12.4 Å². The van der Waals surface area contributed by atoms with Crippen LogP contribution in [0.3, 0.4) is 0 Å². The lowest BCUT2D eigenvalue weighted by atomic mass is 10.2. The zero-order valence-corrected chi connectivity index (χ0v) is 8.28. The highest BCUT2D eigenvalue weighted by Gasteiger charge is 2.15. The molecule has 2 N–H and O–H groups in total. The summed E-state index contributed by atoms with van der Waals surface area (Å²) >= 11 is 0. The van der Waals surface area contributed by atoms with E-state index in [1.807, 2.05) is 18.2 Å². The molecule has 1 aromatic carbocycles. The van der Waals surface area contributed by atoms with Crippen LogP contribution in [-0.4, -0.2) is 26.2 Å². The van der Waals surface area contributed by atoms with Gasteiger partial charge in [0.25, 0.3) is 0 Å². The van der Waals surface area contributed by atoms with Gasteiger partial charge in [-0.3, -0.25) is 0 Å². The second-order valence-electron chi connectivity index (χ2n) is 3.45. The Morgan fingerprint density at radius 1 is 1.36 bits per heavy atom. The molecule has 0 bridgehead atoms. The number of para-hydroxylation sites is 2. The SMILES string of the molecule is NCCCN1CCOc2ccccc21. The van der Waals surface area contributed by atoms with Gasteiger partial charge in [-0.25, -0.2) is 0 Å². The van der Waals surface area contributed by atoms with Crippen molar-refractivity contribution in [1.29, 1.82) is 0 Å². The average molecular weight is 192 g/mol. The van der Waals surface area contributed by atoms with Gasteiger partial charge >= 0.3 is 0 Å². The predicted octanol–water partition coefficient (Wildman–Crippen LogP) is 1.23. The molecule has 0 saturated heterocycles. The van der Waals surface area contributed by atoms with Gasteiger partial charge in [-0.1, -0.05) is 12.1 Å². The second-order valence-corrected chi connectivity index (χ2v) is 3.45. The normalized spacial score (nSPS) is 14.8. The van der Waals surface area contributed by atoms with Gasteiger partial charge in [-0.05, 0) is 25.1 Å². The Balaban J connectivity index is 2.14. The first-order chi connectivity index (χ1) is 6.92. The molecule has 3 heteroatoms. The van der Waals surface area contributed by atoms with Crippen molar-refractivity contribution in [2.75, 3.05) is 31.1 Å². The number of anilines is 1. The van der Waals surface area contributed by atoms with Crippen molar-refractivity contribution >= 4 is 5.69 Å². The number of nitrogens with two attached hydrogens (primary N) is 1. The Labute approximate surface area is 84.5 Å². The first-order valence-corrected chi connectivity index (χ1v) is 5.08. The number of benzene rings is 1. The minimum atomic E-state index is 0.750. The molecule has 1 aliphatic rings. The first kappa shape index (κ1) is 9.34. The van der Waals surface area contributed by atoms with Crippen molar-refractivity contribution < 1.29 is 4.74 Å². The van der Waals surface area contributed by atoms with E-state index in [-0.39, 0.29) is 0 Å². The van der Waals surface area contributed by atoms with Crippen LogP contribution in [0.2, 0.25) is 0 Å². The molecule has 0 spiro atoms. The molecule has 0 unspecified atom stereocenters. The first-order valence-electron chi connectivity index (χ1n) is 5.08. The molecular weight excluding hydrogens is 176 g/mol. The molecule has 0 saturated carbocycles. The summed E-state index contributed by atoms with van der Waals surface area (Å²) in [6, 6.07) is 8.17. The van der Waals surface area contributed by atoms with E-state index in [1.165, 1.54) is 5.69 Å². The third-order valence-corrected chi connectivity index (χ3v) is 2.46. The molecule has 0 amide bonds. The van der Waals surface area contributed by atoms with Crippen LogP contribution in [0.5, 0.6) is 5.75 Å². The van der Waals surface area contributed by atoms with E-state index >= 15 is 0 Å².